The van der Waals surface area contributed by atoms with Crippen molar-refractivity contribution in [2.45, 2.75) is 31.2 Å². The van der Waals surface area contributed by atoms with Crippen LogP contribution in [0.5, 0.6) is 5.75 Å². The van der Waals surface area contributed by atoms with E-state index in [2.05, 4.69) is 4.90 Å². The topological polar surface area (TPSA) is 32.7 Å². The smallest absolute Gasteiger partial charge is 0.416 e. The molecule has 1 aliphatic heterocycles. The van der Waals surface area contributed by atoms with Crippen molar-refractivity contribution in [3.8, 4) is 5.75 Å². The van der Waals surface area contributed by atoms with Gasteiger partial charge in [-0.1, -0.05) is 30.3 Å². The minimum Gasteiger partial charge on any atom is -0.496 e. The van der Waals surface area contributed by atoms with Crippen LogP contribution in [-0.4, -0.2) is 30.2 Å². The Morgan fingerprint density at radius 1 is 1.08 bits per heavy atom. The summed E-state index contributed by atoms with van der Waals surface area (Å²) in [6.45, 7) is 1.89. The van der Waals surface area contributed by atoms with Gasteiger partial charge in [0.1, 0.15) is 5.75 Å². The lowest BCUT2D eigenvalue weighted by atomic mass is 9.83. The second kappa shape index (κ2) is 7.29. The van der Waals surface area contributed by atoms with Crippen LogP contribution in [0.2, 0.25) is 0 Å². The van der Waals surface area contributed by atoms with Crippen molar-refractivity contribution in [3.05, 3.63) is 65.2 Å². The molecule has 2 aromatic carbocycles. The number of benzene rings is 2. The Balaban J connectivity index is 1.69. The predicted octanol–water partition coefficient (Wildman–Crippen LogP) is 4.20. The van der Waals surface area contributed by atoms with Crippen LogP contribution in [0.3, 0.4) is 0 Å². The first-order valence-corrected chi connectivity index (χ1v) is 8.56. The van der Waals surface area contributed by atoms with Gasteiger partial charge in [0.05, 0.1) is 18.3 Å². The lowest BCUT2D eigenvalue weighted by Crippen LogP contribution is -2.42. The number of aliphatic hydroxyl groups is 1. The lowest BCUT2D eigenvalue weighted by molar-refractivity contribution is -0.137. The van der Waals surface area contributed by atoms with Crippen LogP contribution in [0, 0.1) is 0 Å². The molecule has 1 heterocycles. The molecule has 26 heavy (non-hydrogen) atoms. The largest absolute Gasteiger partial charge is 0.496 e. The first kappa shape index (κ1) is 18.7. The Kier molecular flexibility index (Phi) is 5.25. The Hall–Kier alpha value is -2.05. The van der Waals surface area contributed by atoms with Gasteiger partial charge in [0.2, 0.25) is 0 Å². The third-order valence-corrected chi connectivity index (χ3v) is 5.00. The van der Waals surface area contributed by atoms with Crippen LogP contribution in [0.15, 0.2) is 48.5 Å². The van der Waals surface area contributed by atoms with Gasteiger partial charge in [0.25, 0.3) is 0 Å². The highest BCUT2D eigenvalue weighted by atomic mass is 19.4. The highest BCUT2D eigenvalue weighted by molar-refractivity contribution is 5.33. The summed E-state index contributed by atoms with van der Waals surface area (Å²) < 4.78 is 44.2. The summed E-state index contributed by atoms with van der Waals surface area (Å²) in [4.78, 5) is 2.18. The normalized spacial score (nSPS) is 17.9. The maximum absolute atomic E-state index is 12.9. The number of para-hydroxylation sites is 1. The maximum atomic E-state index is 12.9. The van der Waals surface area contributed by atoms with Gasteiger partial charge in [0, 0.05) is 25.2 Å². The molecule has 3 rings (SSSR count). The summed E-state index contributed by atoms with van der Waals surface area (Å²) in [6, 6.07) is 12.8. The molecule has 0 saturated carbocycles. The van der Waals surface area contributed by atoms with Gasteiger partial charge in [-0.15, -0.1) is 0 Å². The molecule has 1 N–H and O–H groups in total. The number of nitrogens with zero attached hydrogens (tertiary/aromatic N) is 1. The Morgan fingerprint density at radius 3 is 2.42 bits per heavy atom. The van der Waals surface area contributed by atoms with E-state index >= 15 is 0 Å². The zero-order chi connectivity index (χ0) is 18.8. The molecule has 140 valence electrons. The van der Waals surface area contributed by atoms with Crippen molar-refractivity contribution in [2.24, 2.45) is 0 Å². The molecular formula is C20H22F3NO2. The molecule has 0 radical (unpaired) electrons. The average Bonchev–Trinajstić information content (AvgIpc) is 2.64. The third kappa shape index (κ3) is 4.02. The highest BCUT2D eigenvalue weighted by Gasteiger charge is 2.37. The predicted molar refractivity (Wildman–Crippen MR) is 92.8 cm³/mol. The lowest BCUT2D eigenvalue weighted by Gasteiger charge is -2.39. The van der Waals surface area contributed by atoms with Crippen LogP contribution in [-0.2, 0) is 18.3 Å². The summed E-state index contributed by atoms with van der Waals surface area (Å²) in [7, 11) is 1.63. The molecule has 2 aromatic rings. The summed E-state index contributed by atoms with van der Waals surface area (Å²) >= 11 is 0. The molecule has 0 bridgehead atoms. The van der Waals surface area contributed by atoms with Gasteiger partial charge in [-0.2, -0.15) is 13.2 Å². The third-order valence-electron chi connectivity index (χ3n) is 5.00. The van der Waals surface area contributed by atoms with Crippen LogP contribution in [0.1, 0.15) is 29.5 Å². The fraction of sp³-hybridized carbons (Fsp3) is 0.400. The summed E-state index contributed by atoms with van der Waals surface area (Å²) in [5.74, 6) is 0.811. The minimum atomic E-state index is -4.41. The number of alkyl halides is 3. The van der Waals surface area contributed by atoms with Crippen molar-refractivity contribution < 1.29 is 23.0 Å². The highest BCUT2D eigenvalue weighted by Crippen LogP contribution is 2.37. The molecule has 1 aliphatic rings. The number of hydrogen-bond donors (Lipinski definition) is 1. The number of hydrogen-bond acceptors (Lipinski definition) is 3. The zero-order valence-electron chi connectivity index (χ0n) is 14.6. The molecule has 1 fully saturated rings. The quantitative estimate of drug-likeness (QED) is 0.882. The molecule has 3 nitrogen and oxygen atoms in total. The second-order valence-corrected chi connectivity index (χ2v) is 6.70. The van der Waals surface area contributed by atoms with Crippen LogP contribution >= 0.6 is 0 Å². The SMILES string of the molecule is COc1ccccc1CN1CCC(O)(c2cccc(C(F)(F)F)c2)CC1. The van der Waals surface area contributed by atoms with E-state index in [1.165, 1.54) is 6.07 Å². The molecule has 0 aliphatic carbocycles. The summed E-state index contributed by atoms with van der Waals surface area (Å²) in [5, 5.41) is 10.9. The van der Waals surface area contributed by atoms with E-state index < -0.39 is 17.3 Å². The van der Waals surface area contributed by atoms with Gasteiger partial charge < -0.3 is 9.84 Å². The standard InChI is InChI=1S/C20H22F3NO2/c1-26-18-8-3-2-5-15(18)14-24-11-9-19(25,10-12-24)16-6-4-7-17(13-16)20(21,22)23/h2-8,13,25H,9-12,14H2,1H3. The molecule has 6 heteroatoms. The van der Waals surface area contributed by atoms with E-state index in [9.17, 15) is 18.3 Å². The molecule has 0 spiro atoms. The molecule has 0 aromatic heterocycles. The van der Waals surface area contributed by atoms with E-state index in [1.54, 1.807) is 13.2 Å². The summed E-state index contributed by atoms with van der Waals surface area (Å²) in [5.41, 5.74) is -0.554. The van der Waals surface area contributed by atoms with Crippen molar-refractivity contribution in [1.29, 1.82) is 0 Å². The average molecular weight is 365 g/mol. The van der Waals surface area contributed by atoms with E-state index in [0.717, 1.165) is 23.4 Å². The Bertz CT molecular complexity index is 753. The van der Waals surface area contributed by atoms with Crippen molar-refractivity contribution in [1.82, 2.24) is 4.90 Å². The van der Waals surface area contributed by atoms with Gasteiger partial charge in [0.15, 0.2) is 0 Å². The fourth-order valence-corrected chi connectivity index (χ4v) is 3.43. The number of ether oxygens (including phenoxy) is 1. The number of rotatable bonds is 4. The zero-order valence-corrected chi connectivity index (χ0v) is 14.6. The van der Waals surface area contributed by atoms with Gasteiger partial charge in [-0.25, -0.2) is 0 Å². The molecule has 0 atom stereocenters. The maximum Gasteiger partial charge on any atom is 0.416 e. The molecule has 1 saturated heterocycles. The first-order chi connectivity index (χ1) is 12.3. The first-order valence-electron chi connectivity index (χ1n) is 8.56. The van der Waals surface area contributed by atoms with Gasteiger partial charge in [-0.3, -0.25) is 4.90 Å². The van der Waals surface area contributed by atoms with Crippen LogP contribution < -0.4 is 4.74 Å². The number of halogens is 3. The van der Waals surface area contributed by atoms with E-state index in [4.69, 9.17) is 4.74 Å². The van der Waals surface area contributed by atoms with Crippen molar-refractivity contribution in [3.63, 3.8) is 0 Å². The van der Waals surface area contributed by atoms with Crippen molar-refractivity contribution >= 4 is 0 Å². The monoisotopic (exact) mass is 365 g/mol. The van der Waals surface area contributed by atoms with E-state index in [-0.39, 0.29) is 0 Å². The number of likely N-dealkylation sites (tertiary alicyclic amines) is 1. The van der Waals surface area contributed by atoms with Crippen LogP contribution in [0.25, 0.3) is 0 Å². The van der Waals surface area contributed by atoms with Gasteiger partial charge in [-0.05, 0) is 36.6 Å². The molecule has 0 unspecified atom stereocenters. The van der Waals surface area contributed by atoms with E-state index in [1.807, 2.05) is 24.3 Å². The molecule has 0 amide bonds. The minimum absolute atomic E-state index is 0.337. The van der Waals surface area contributed by atoms with Crippen molar-refractivity contribution in [2.75, 3.05) is 20.2 Å². The second-order valence-electron chi connectivity index (χ2n) is 6.70. The Labute approximate surface area is 151 Å². The number of methoxy groups -OCH3 is 1. The summed E-state index contributed by atoms with van der Waals surface area (Å²) in [6.07, 6.45) is -3.62. The number of piperidine rings is 1. The Morgan fingerprint density at radius 2 is 1.77 bits per heavy atom. The molecular weight excluding hydrogens is 343 g/mol. The van der Waals surface area contributed by atoms with Crippen LogP contribution in [0.4, 0.5) is 13.2 Å². The fourth-order valence-electron chi connectivity index (χ4n) is 3.43. The van der Waals surface area contributed by atoms with Gasteiger partial charge >= 0.3 is 6.18 Å². The van der Waals surface area contributed by atoms with E-state index in [0.29, 0.717) is 38.0 Å².